The molecule has 1 aromatic carbocycles. The Kier molecular flexibility index (Phi) is 4.77. The lowest BCUT2D eigenvalue weighted by Gasteiger charge is -2.38. The molecular formula is C16H21NO3. The van der Waals surface area contributed by atoms with E-state index in [0.717, 1.165) is 24.7 Å². The van der Waals surface area contributed by atoms with Crippen LogP contribution >= 0.6 is 0 Å². The summed E-state index contributed by atoms with van der Waals surface area (Å²) in [6.45, 7) is 3.65. The fraction of sp³-hybridized carbons (Fsp3) is 0.500. The molecule has 4 nitrogen and oxygen atoms in total. The summed E-state index contributed by atoms with van der Waals surface area (Å²) in [6, 6.07) is 9.64. The minimum absolute atomic E-state index is 0.105. The van der Waals surface area contributed by atoms with Crippen LogP contribution in [0.15, 0.2) is 30.3 Å². The van der Waals surface area contributed by atoms with Gasteiger partial charge in [0.2, 0.25) is 0 Å². The standard InChI is InChI=1S/C16H21NO3/c1-16(9-11-18)8-5-10-17(13-16)15(19)20-12-14-6-3-2-4-7-14/h2-4,6-7,11H,5,8-10,12-13H2,1H3. The van der Waals surface area contributed by atoms with Crippen LogP contribution < -0.4 is 0 Å². The number of hydrogen-bond donors (Lipinski definition) is 0. The van der Waals surface area contributed by atoms with Crippen LogP contribution in [0.5, 0.6) is 0 Å². The molecular weight excluding hydrogens is 254 g/mol. The molecule has 0 aliphatic carbocycles. The quantitative estimate of drug-likeness (QED) is 0.793. The van der Waals surface area contributed by atoms with Gasteiger partial charge in [0.05, 0.1) is 0 Å². The number of piperidine rings is 1. The fourth-order valence-corrected chi connectivity index (χ4v) is 2.65. The fourth-order valence-electron chi connectivity index (χ4n) is 2.65. The molecule has 108 valence electrons. The van der Waals surface area contributed by atoms with Gasteiger partial charge in [-0.2, -0.15) is 0 Å². The number of aldehydes is 1. The van der Waals surface area contributed by atoms with E-state index in [1.807, 2.05) is 30.3 Å². The van der Waals surface area contributed by atoms with E-state index in [9.17, 15) is 9.59 Å². The Morgan fingerprint density at radius 1 is 1.40 bits per heavy atom. The van der Waals surface area contributed by atoms with Gasteiger partial charge in [-0.1, -0.05) is 37.3 Å². The number of benzene rings is 1. The molecule has 1 amide bonds. The number of likely N-dealkylation sites (tertiary alicyclic amines) is 1. The minimum Gasteiger partial charge on any atom is -0.445 e. The predicted molar refractivity (Wildman–Crippen MR) is 76.2 cm³/mol. The summed E-state index contributed by atoms with van der Waals surface area (Å²) in [5.74, 6) is 0. The maximum Gasteiger partial charge on any atom is 0.410 e. The third-order valence-corrected chi connectivity index (χ3v) is 3.82. The zero-order valence-electron chi connectivity index (χ0n) is 11.9. The van der Waals surface area contributed by atoms with Gasteiger partial charge in [0.15, 0.2) is 0 Å². The number of rotatable bonds is 4. The monoisotopic (exact) mass is 275 g/mol. The molecule has 0 saturated carbocycles. The zero-order chi connectivity index (χ0) is 14.4. The molecule has 0 spiro atoms. The first kappa shape index (κ1) is 14.6. The van der Waals surface area contributed by atoms with E-state index in [0.29, 0.717) is 26.1 Å². The van der Waals surface area contributed by atoms with Crippen LogP contribution in [0.25, 0.3) is 0 Å². The van der Waals surface area contributed by atoms with Crippen LogP contribution in [-0.2, 0) is 16.1 Å². The Morgan fingerprint density at radius 3 is 2.85 bits per heavy atom. The zero-order valence-corrected chi connectivity index (χ0v) is 11.9. The molecule has 1 fully saturated rings. The van der Waals surface area contributed by atoms with Crippen molar-refractivity contribution in [2.24, 2.45) is 5.41 Å². The molecule has 1 unspecified atom stereocenters. The van der Waals surface area contributed by atoms with Gasteiger partial charge in [-0.25, -0.2) is 4.79 Å². The summed E-state index contributed by atoms with van der Waals surface area (Å²) < 4.78 is 5.34. The highest BCUT2D eigenvalue weighted by Crippen LogP contribution is 2.32. The summed E-state index contributed by atoms with van der Waals surface area (Å²) in [5.41, 5.74) is 0.875. The third-order valence-electron chi connectivity index (χ3n) is 3.82. The Balaban J connectivity index is 1.87. The number of nitrogens with zero attached hydrogens (tertiary/aromatic N) is 1. The molecule has 1 aliphatic heterocycles. The van der Waals surface area contributed by atoms with Gasteiger partial charge in [0.1, 0.15) is 12.9 Å². The minimum atomic E-state index is -0.286. The Bertz CT molecular complexity index is 460. The van der Waals surface area contributed by atoms with Gasteiger partial charge < -0.3 is 14.4 Å². The van der Waals surface area contributed by atoms with Gasteiger partial charge in [0.25, 0.3) is 0 Å². The summed E-state index contributed by atoms with van der Waals surface area (Å²) in [7, 11) is 0. The van der Waals surface area contributed by atoms with Crippen molar-refractivity contribution in [3.05, 3.63) is 35.9 Å². The number of hydrogen-bond acceptors (Lipinski definition) is 3. The maximum absolute atomic E-state index is 12.1. The maximum atomic E-state index is 12.1. The average Bonchev–Trinajstić information content (AvgIpc) is 2.46. The van der Waals surface area contributed by atoms with Crippen molar-refractivity contribution in [1.82, 2.24) is 4.90 Å². The van der Waals surface area contributed by atoms with Crippen LogP contribution in [0.2, 0.25) is 0 Å². The highest BCUT2D eigenvalue weighted by Gasteiger charge is 2.33. The lowest BCUT2D eigenvalue weighted by atomic mass is 9.79. The van der Waals surface area contributed by atoms with Crippen LogP contribution in [0.4, 0.5) is 4.79 Å². The molecule has 0 aromatic heterocycles. The third kappa shape index (κ3) is 3.83. The molecule has 0 N–H and O–H groups in total. The largest absolute Gasteiger partial charge is 0.445 e. The normalized spacial score (nSPS) is 22.4. The van der Waals surface area contributed by atoms with Crippen molar-refractivity contribution in [3.8, 4) is 0 Å². The van der Waals surface area contributed by atoms with Crippen LogP contribution in [-0.4, -0.2) is 30.4 Å². The first-order valence-electron chi connectivity index (χ1n) is 7.02. The van der Waals surface area contributed by atoms with E-state index in [-0.39, 0.29) is 11.5 Å². The summed E-state index contributed by atoms with van der Waals surface area (Å²) in [6.07, 6.45) is 3.05. The molecule has 20 heavy (non-hydrogen) atoms. The predicted octanol–water partition coefficient (Wildman–Crippen LogP) is 3.01. The molecule has 1 atom stereocenters. The highest BCUT2D eigenvalue weighted by molar-refractivity contribution is 5.68. The van der Waals surface area contributed by atoms with Crippen LogP contribution in [0, 0.1) is 5.41 Å². The van der Waals surface area contributed by atoms with Gasteiger partial charge >= 0.3 is 6.09 Å². The summed E-state index contributed by atoms with van der Waals surface area (Å²) in [4.78, 5) is 24.5. The smallest absolute Gasteiger partial charge is 0.410 e. The van der Waals surface area contributed by atoms with Gasteiger partial charge in [-0.05, 0) is 23.8 Å². The van der Waals surface area contributed by atoms with Crippen molar-refractivity contribution in [2.45, 2.75) is 32.8 Å². The molecule has 1 saturated heterocycles. The molecule has 1 aliphatic rings. The lowest BCUT2D eigenvalue weighted by molar-refractivity contribution is -0.110. The molecule has 0 bridgehead atoms. The molecule has 0 radical (unpaired) electrons. The van der Waals surface area contributed by atoms with Gasteiger partial charge in [-0.15, -0.1) is 0 Å². The second-order valence-corrected chi connectivity index (χ2v) is 5.75. The van der Waals surface area contributed by atoms with Gasteiger partial charge in [-0.3, -0.25) is 0 Å². The van der Waals surface area contributed by atoms with Crippen molar-refractivity contribution in [1.29, 1.82) is 0 Å². The Labute approximate surface area is 119 Å². The first-order valence-corrected chi connectivity index (χ1v) is 7.02. The molecule has 1 aromatic rings. The van der Waals surface area contributed by atoms with Crippen molar-refractivity contribution >= 4 is 12.4 Å². The first-order chi connectivity index (χ1) is 9.63. The molecule has 2 rings (SSSR count). The highest BCUT2D eigenvalue weighted by atomic mass is 16.6. The lowest BCUT2D eigenvalue weighted by Crippen LogP contribution is -2.45. The van der Waals surface area contributed by atoms with E-state index in [1.54, 1.807) is 4.90 Å². The van der Waals surface area contributed by atoms with Crippen molar-refractivity contribution in [2.75, 3.05) is 13.1 Å². The van der Waals surface area contributed by atoms with Crippen LogP contribution in [0.3, 0.4) is 0 Å². The molecule has 1 heterocycles. The van der Waals surface area contributed by atoms with Gasteiger partial charge in [0, 0.05) is 19.5 Å². The van der Waals surface area contributed by atoms with Crippen LogP contribution in [0.1, 0.15) is 31.7 Å². The number of carbonyl (C=O) groups is 2. The SMILES string of the molecule is CC1(CC=O)CCCN(C(=O)OCc2ccccc2)C1. The number of carbonyl (C=O) groups excluding carboxylic acids is 2. The number of amides is 1. The van der Waals surface area contributed by atoms with Crippen molar-refractivity contribution < 1.29 is 14.3 Å². The second-order valence-electron chi connectivity index (χ2n) is 5.75. The van der Waals surface area contributed by atoms with E-state index in [2.05, 4.69) is 6.92 Å². The molecule has 4 heteroatoms. The van der Waals surface area contributed by atoms with E-state index >= 15 is 0 Å². The summed E-state index contributed by atoms with van der Waals surface area (Å²) >= 11 is 0. The van der Waals surface area contributed by atoms with E-state index in [1.165, 1.54) is 0 Å². The Morgan fingerprint density at radius 2 is 2.15 bits per heavy atom. The van der Waals surface area contributed by atoms with Crippen molar-refractivity contribution in [3.63, 3.8) is 0 Å². The summed E-state index contributed by atoms with van der Waals surface area (Å²) in [5, 5.41) is 0. The Hall–Kier alpha value is -1.84. The topological polar surface area (TPSA) is 46.6 Å². The average molecular weight is 275 g/mol. The number of ether oxygens (including phenoxy) is 1. The second kappa shape index (κ2) is 6.55. The van der Waals surface area contributed by atoms with E-state index < -0.39 is 0 Å². The van der Waals surface area contributed by atoms with E-state index in [4.69, 9.17) is 4.74 Å².